The zero-order chi connectivity index (χ0) is 26.2. The number of aromatic nitrogens is 3. The Kier molecular flexibility index (Phi) is 7.59. The molecule has 4 heterocycles. The van der Waals surface area contributed by atoms with Gasteiger partial charge in [0.25, 0.3) is 10.0 Å². The van der Waals surface area contributed by atoms with Gasteiger partial charge in [0.1, 0.15) is 12.0 Å². The number of piperidine rings is 1. The fraction of sp³-hybridized carbons (Fsp3) is 0.500. The van der Waals surface area contributed by atoms with Crippen LogP contribution in [0.25, 0.3) is 0 Å². The lowest BCUT2D eigenvalue weighted by atomic mass is 10.1. The van der Waals surface area contributed by atoms with Crippen molar-refractivity contribution < 1.29 is 17.2 Å². The molecule has 2 fully saturated rings. The number of sulfonamides is 1. The largest absolute Gasteiger partial charge is 0.345 e. The monoisotopic (exact) mass is 551 g/mol. The molecule has 0 aliphatic carbocycles. The zero-order valence-electron chi connectivity index (χ0n) is 20.6. The van der Waals surface area contributed by atoms with Crippen LogP contribution < -0.4 is 10.6 Å². The van der Waals surface area contributed by atoms with Crippen LogP contribution in [0.1, 0.15) is 30.6 Å². The highest BCUT2D eigenvalue weighted by atomic mass is 32.2. The van der Waals surface area contributed by atoms with E-state index in [0.717, 1.165) is 22.6 Å². The van der Waals surface area contributed by atoms with E-state index in [1.54, 1.807) is 23.4 Å². The van der Waals surface area contributed by atoms with Crippen molar-refractivity contribution in [3.63, 3.8) is 0 Å². The van der Waals surface area contributed by atoms with Crippen LogP contribution in [0.15, 0.2) is 47.2 Å². The summed E-state index contributed by atoms with van der Waals surface area (Å²) in [5.41, 5.74) is 7.74. The maximum atomic E-state index is 14.0. The predicted molar refractivity (Wildman–Crippen MR) is 138 cm³/mol. The fourth-order valence-electron chi connectivity index (χ4n) is 4.80. The Morgan fingerprint density at radius 3 is 2.57 bits per heavy atom. The van der Waals surface area contributed by atoms with Crippen LogP contribution in [0.3, 0.4) is 0 Å². The van der Waals surface area contributed by atoms with Crippen LogP contribution in [0.4, 0.5) is 13.9 Å². The number of rotatable bonds is 7. The van der Waals surface area contributed by atoms with Gasteiger partial charge in [-0.05, 0) is 31.0 Å². The second-order valence-electron chi connectivity index (χ2n) is 9.58. The Hall–Kier alpha value is -2.45. The van der Waals surface area contributed by atoms with Gasteiger partial charge in [0.05, 0.1) is 30.8 Å². The summed E-state index contributed by atoms with van der Waals surface area (Å²) in [4.78, 5) is 12.6. The highest BCUT2D eigenvalue weighted by molar-refractivity contribution is 7.91. The van der Waals surface area contributed by atoms with Gasteiger partial charge in [-0.25, -0.2) is 27.2 Å². The molecule has 0 radical (unpaired) electrons. The molecule has 2 aliphatic heterocycles. The van der Waals surface area contributed by atoms with Crippen LogP contribution in [0, 0.1) is 5.82 Å². The number of anilines is 1. The second-order valence-corrected chi connectivity index (χ2v) is 12.8. The topological polar surface area (TPSA) is 101 Å². The number of halogens is 2. The van der Waals surface area contributed by atoms with E-state index in [4.69, 9.17) is 5.73 Å². The van der Waals surface area contributed by atoms with Crippen molar-refractivity contribution in [2.24, 2.45) is 5.73 Å². The molecular formula is C24H31F2N7O2S2. The van der Waals surface area contributed by atoms with E-state index in [-0.39, 0.29) is 22.6 Å². The lowest BCUT2D eigenvalue weighted by Gasteiger charge is -2.34. The average molecular weight is 552 g/mol. The SMILES string of the molecule is C[C@H](c1ccc(F)cc1)n1cncc1CN1CCN(S(=O)(=O)c2cnc(N3CC[C@@H](N)[C@H](F)C3)s2)CC1. The van der Waals surface area contributed by atoms with E-state index in [1.165, 1.54) is 22.6 Å². The normalized spacial score (nSPS) is 22.9. The van der Waals surface area contributed by atoms with Gasteiger partial charge in [0.15, 0.2) is 9.34 Å². The third-order valence-electron chi connectivity index (χ3n) is 7.16. The van der Waals surface area contributed by atoms with Gasteiger partial charge in [-0.1, -0.05) is 23.5 Å². The molecule has 2 aliphatic rings. The Morgan fingerprint density at radius 1 is 1.14 bits per heavy atom. The molecule has 0 saturated carbocycles. The molecule has 5 rings (SSSR count). The van der Waals surface area contributed by atoms with E-state index in [1.807, 2.05) is 13.1 Å². The number of piperazine rings is 1. The summed E-state index contributed by atoms with van der Waals surface area (Å²) in [7, 11) is -3.68. The lowest BCUT2D eigenvalue weighted by molar-refractivity contribution is 0.178. The first-order valence-corrected chi connectivity index (χ1v) is 14.6. The summed E-state index contributed by atoms with van der Waals surface area (Å²) in [6.45, 7) is 5.24. The molecule has 3 aromatic rings. The van der Waals surface area contributed by atoms with Crippen molar-refractivity contribution >= 4 is 26.5 Å². The molecule has 0 spiro atoms. The molecule has 2 N–H and O–H groups in total. The van der Waals surface area contributed by atoms with Crippen molar-refractivity contribution in [2.75, 3.05) is 44.2 Å². The zero-order valence-corrected chi connectivity index (χ0v) is 22.2. The van der Waals surface area contributed by atoms with E-state index < -0.39 is 22.2 Å². The van der Waals surface area contributed by atoms with Crippen LogP contribution in [-0.2, 0) is 16.6 Å². The highest BCUT2D eigenvalue weighted by Gasteiger charge is 2.33. The summed E-state index contributed by atoms with van der Waals surface area (Å²) >= 11 is 1.08. The summed E-state index contributed by atoms with van der Waals surface area (Å²) in [5, 5.41) is 0.510. The van der Waals surface area contributed by atoms with Gasteiger partial charge in [-0.3, -0.25) is 4.90 Å². The number of hydrogen-bond acceptors (Lipinski definition) is 8. The maximum Gasteiger partial charge on any atom is 0.254 e. The van der Waals surface area contributed by atoms with E-state index >= 15 is 0 Å². The number of benzene rings is 1. The van der Waals surface area contributed by atoms with E-state index in [9.17, 15) is 17.2 Å². The van der Waals surface area contributed by atoms with Gasteiger partial charge in [-0.2, -0.15) is 4.31 Å². The summed E-state index contributed by atoms with van der Waals surface area (Å²) in [5.74, 6) is -0.270. The summed E-state index contributed by atoms with van der Waals surface area (Å²) in [6, 6.07) is 5.95. The van der Waals surface area contributed by atoms with Crippen molar-refractivity contribution in [2.45, 2.75) is 42.4 Å². The molecule has 0 bridgehead atoms. The number of nitrogens with zero attached hydrogens (tertiary/aromatic N) is 6. The summed E-state index contributed by atoms with van der Waals surface area (Å²) in [6.07, 6.45) is 4.32. The van der Waals surface area contributed by atoms with Crippen molar-refractivity contribution in [3.05, 3.63) is 60.1 Å². The first kappa shape index (κ1) is 26.2. The van der Waals surface area contributed by atoms with Gasteiger partial charge < -0.3 is 15.2 Å². The third kappa shape index (κ3) is 5.55. The Labute approximate surface area is 219 Å². The molecule has 200 valence electrons. The quantitative estimate of drug-likeness (QED) is 0.482. The number of nitrogens with two attached hydrogens (primary N) is 1. The van der Waals surface area contributed by atoms with Crippen molar-refractivity contribution in [3.8, 4) is 0 Å². The summed E-state index contributed by atoms with van der Waals surface area (Å²) < 4.78 is 57.6. The number of thiazole rings is 1. The predicted octanol–water partition coefficient (Wildman–Crippen LogP) is 2.47. The van der Waals surface area contributed by atoms with Crippen LogP contribution in [0.2, 0.25) is 0 Å². The molecule has 37 heavy (non-hydrogen) atoms. The molecular weight excluding hydrogens is 520 g/mol. The molecule has 0 amide bonds. The lowest BCUT2D eigenvalue weighted by Crippen LogP contribution is -2.48. The van der Waals surface area contributed by atoms with E-state index in [0.29, 0.717) is 50.8 Å². The minimum atomic E-state index is -3.68. The number of hydrogen-bond donors (Lipinski definition) is 1. The second kappa shape index (κ2) is 10.7. The van der Waals surface area contributed by atoms with Gasteiger partial charge >= 0.3 is 0 Å². The first-order valence-electron chi connectivity index (χ1n) is 12.3. The smallest absolute Gasteiger partial charge is 0.254 e. The minimum Gasteiger partial charge on any atom is -0.345 e. The van der Waals surface area contributed by atoms with E-state index in [2.05, 4.69) is 19.4 Å². The third-order valence-corrected chi connectivity index (χ3v) is 10.6. The standard InChI is InChI=1S/C24H31F2N7O2S2/c1-17(18-2-4-19(25)5-3-18)33-16-28-12-20(33)14-30-8-10-32(11-9-30)37(34,35)23-13-29-24(36-23)31-7-6-22(27)21(26)15-31/h2-5,12-13,16-17,21-22H,6-11,14-15,27H2,1H3/t17-,21-,22-/m1/s1. The van der Waals surface area contributed by atoms with Gasteiger partial charge in [0, 0.05) is 51.5 Å². The number of alkyl halides is 1. The van der Waals surface area contributed by atoms with Gasteiger partial charge in [-0.15, -0.1) is 0 Å². The number of imidazole rings is 1. The van der Waals surface area contributed by atoms with Crippen LogP contribution >= 0.6 is 11.3 Å². The maximum absolute atomic E-state index is 14.0. The Morgan fingerprint density at radius 2 is 1.86 bits per heavy atom. The Balaban J connectivity index is 1.20. The molecule has 13 heteroatoms. The van der Waals surface area contributed by atoms with Crippen molar-refractivity contribution in [1.82, 2.24) is 23.7 Å². The Bertz CT molecular complexity index is 1310. The van der Waals surface area contributed by atoms with Gasteiger partial charge in [0.2, 0.25) is 0 Å². The molecule has 9 nitrogen and oxygen atoms in total. The molecule has 2 saturated heterocycles. The molecule has 0 unspecified atom stereocenters. The molecule has 1 aromatic carbocycles. The molecule has 2 aromatic heterocycles. The van der Waals surface area contributed by atoms with Crippen LogP contribution in [0.5, 0.6) is 0 Å². The molecule has 3 atom stereocenters. The van der Waals surface area contributed by atoms with Crippen LogP contribution in [-0.4, -0.2) is 83.6 Å². The first-order chi connectivity index (χ1) is 17.7. The average Bonchev–Trinajstić information content (AvgIpc) is 3.57. The van der Waals surface area contributed by atoms with Crippen molar-refractivity contribution in [1.29, 1.82) is 0 Å². The highest BCUT2D eigenvalue weighted by Crippen LogP contribution is 2.31. The minimum absolute atomic E-state index is 0.0105. The fourth-order valence-corrected chi connectivity index (χ4v) is 7.53.